The summed E-state index contributed by atoms with van der Waals surface area (Å²) in [5, 5.41) is 0. The molecule has 0 spiro atoms. The molecule has 3 nitrogen and oxygen atoms in total. The van der Waals surface area contributed by atoms with Crippen molar-refractivity contribution < 1.29 is 4.79 Å². The maximum atomic E-state index is 11.9. The number of carbonyl (C=O) groups is 1. The second kappa shape index (κ2) is 6.15. The number of nitrogens with two attached hydrogens (primary N) is 1. The third-order valence-electron chi connectivity index (χ3n) is 5.18. The van der Waals surface area contributed by atoms with Crippen molar-refractivity contribution in [2.24, 2.45) is 23.5 Å². The van der Waals surface area contributed by atoms with Gasteiger partial charge in [0.1, 0.15) is 0 Å². The third kappa shape index (κ3) is 3.64. The summed E-state index contributed by atoms with van der Waals surface area (Å²) in [6.45, 7) is 6.94. The lowest BCUT2D eigenvalue weighted by Gasteiger charge is -2.44. The summed E-state index contributed by atoms with van der Waals surface area (Å²) in [5.41, 5.74) is 5.71. The van der Waals surface area contributed by atoms with Crippen molar-refractivity contribution in [3.63, 3.8) is 0 Å². The summed E-state index contributed by atoms with van der Waals surface area (Å²) in [6.07, 6.45) is 8.34. The topological polar surface area (TPSA) is 46.3 Å². The van der Waals surface area contributed by atoms with Gasteiger partial charge < -0.3 is 10.6 Å². The van der Waals surface area contributed by atoms with Gasteiger partial charge in [-0.05, 0) is 62.7 Å². The molecule has 0 aromatic heterocycles. The van der Waals surface area contributed by atoms with Crippen LogP contribution in [0.25, 0.3) is 0 Å². The van der Waals surface area contributed by atoms with Gasteiger partial charge in [0.15, 0.2) is 0 Å². The molecule has 2 fully saturated rings. The molecule has 0 aliphatic heterocycles. The van der Waals surface area contributed by atoms with Crippen LogP contribution in [-0.4, -0.2) is 23.0 Å². The average Bonchev–Trinajstić information content (AvgIpc) is 2.30. The first-order valence-electron chi connectivity index (χ1n) is 8.05. The van der Waals surface area contributed by atoms with E-state index in [1.807, 2.05) is 0 Å². The molecular weight excluding hydrogens is 236 g/mol. The molecular formula is C16H30N2O. The predicted octanol–water partition coefficient (Wildman–Crippen LogP) is 3.77. The maximum Gasteiger partial charge on any atom is 0.315 e. The zero-order valence-electron chi connectivity index (χ0n) is 12.8. The quantitative estimate of drug-likeness (QED) is 0.812. The second-order valence-corrected chi connectivity index (χ2v) is 7.23. The lowest BCUT2D eigenvalue weighted by molar-refractivity contribution is 0.0783. The monoisotopic (exact) mass is 266 g/mol. The minimum atomic E-state index is -0.189. The number of hydrogen-bond acceptors (Lipinski definition) is 1. The standard InChI is InChI=1S/C16H30N2O/c1-11-4-6-14(7-5-11)18(16(17)19)15-9-12(2)8-13(3)10-15/h11-15H,4-10H2,1-3H3,(H2,17,19)/t11?,12-,13?,14?,15?/m0/s1. The van der Waals surface area contributed by atoms with Crippen LogP contribution < -0.4 is 5.73 Å². The van der Waals surface area contributed by atoms with Crippen LogP contribution in [0.3, 0.4) is 0 Å². The minimum absolute atomic E-state index is 0.189. The fourth-order valence-corrected chi connectivity index (χ4v) is 4.31. The molecule has 19 heavy (non-hydrogen) atoms. The van der Waals surface area contributed by atoms with E-state index in [-0.39, 0.29) is 6.03 Å². The van der Waals surface area contributed by atoms with Crippen molar-refractivity contribution in [2.75, 3.05) is 0 Å². The Balaban J connectivity index is 2.04. The lowest BCUT2D eigenvalue weighted by Crippen LogP contribution is -2.52. The van der Waals surface area contributed by atoms with Gasteiger partial charge in [-0.15, -0.1) is 0 Å². The molecule has 2 rings (SSSR count). The highest BCUT2D eigenvalue weighted by molar-refractivity contribution is 5.72. The zero-order chi connectivity index (χ0) is 14.0. The molecule has 2 aliphatic rings. The molecule has 0 radical (unpaired) electrons. The van der Waals surface area contributed by atoms with Crippen LogP contribution >= 0.6 is 0 Å². The summed E-state index contributed by atoms with van der Waals surface area (Å²) < 4.78 is 0. The molecule has 2 amide bonds. The first kappa shape index (κ1) is 14.7. The summed E-state index contributed by atoms with van der Waals surface area (Å²) in [5.74, 6) is 2.26. The average molecular weight is 266 g/mol. The molecule has 0 aromatic carbocycles. The Bertz CT molecular complexity index is 300. The Morgan fingerprint density at radius 2 is 1.37 bits per heavy atom. The summed E-state index contributed by atoms with van der Waals surface area (Å²) in [4.78, 5) is 14.0. The Labute approximate surface area is 117 Å². The molecule has 0 saturated heterocycles. The summed E-state index contributed by atoms with van der Waals surface area (Å²) >= 11 is 0. The molecule has 2 N–H and O–H groups in total. The van der Waals surface area contributed by atoms with Crippen molar-refractivity contribution in [3.05, 3.63) is 0 Å². The molecule has 2 unspecified atom stereocenters. The van der Waals surface area contributed by atoms with Crippen LogP contribution in [0.15, 0.2) is 0 Å². The van der Waals surface area contributed by atoms with Crippen LogP contribution in [0.1, 0.15) is 65.7 Å². The number of rotatable bonds is 2. The van der Waals surface area contributed by atoms with E-state index < -0.39 is 0 Å². The van der Waals surface area contributed by atoms with Gasteiger partial charge in [0.25, 0.3) is 0 Å². The molecule has 0 bridgehead atoms. The Morgan fingerprint density at radius 1 is 0.842 bits per heavy atom. The maximum absolute atomic E-state index is 11.9. The molecule has 3 heteroatoms. The van der Waals surface area contributed by atoms with Gasteiger partial charge in [0, 0.05) is 12.1 Å². The minimum Gasteiger partial charge on any atom is -0.351 e. The van der Waals surface area contributed by atoms with E-state index in [1.54, 1.807) is 0 Å². The van der Waals surface area contributed by atoms with E-state index in [0.717, 1.165) is 43.4 Å². The van der Waals surface area contributed by atoms with Crippen molar-refractivity contribution in [3.8, 4) is 0 Å². The van der Waals surface area contributed by atoms with Crippen LogP contribution in [0.2, 0.25) is 0 Å². The van der Waals surface area contributed by atoms with Gasteiger partial charge in [-0.1, -0.05) is 20.8 Å². The molecule has 3 atom stereocenters. The molecule has 110 valence electrons. The van der Waals surface area contributed by atoms with Gasteiger partial charge in [-0.2, -0.15) is 0 Å². The molecule has 2 saturated carbocycles. The summed E-state index contributed by atoms with van der Waals surface area (Å²) in [7, 11) is 0. The van der Waals surface area contributed by atoms with Gasteiger partial charge in [0.05, 0.1) is 0 Å². The zero-order valence-corrected chi connectivity index (χ0v) is 12.8. The van der Waals surface area contributed by atoms with E-state index in [0.29, 0.717) is 12.1 Å². The van der Waals surface area contributed by atoms with Crippen molar-refractivity contribution >= 4 is 6.03 Å². The Hall–Kier alpha value is -0.730. The highest BCUT2D eigenvalue weighted by Crippen LogP contribution is 2.35. The fourth-order valence-electron chi connectivity index (χ4n) is 4.31. The van der Waals surface area contributed by atoms with Gasteiger partial charge >= 0.3 is 6.03 Å². The first-order chi connectivity index (χ1) is 8.97. The third-order valence-corrected chi connectivity index (χ3v) is 5.18. The van der Waals surface area contributed by atoms with Gasteiger partial charge in [0.2, 0.25) is 0 Å². The Morgan fingerprint density at radius 3 is 1.84 bits per heavy atom. The van der Waals surface area contributed by atoms with Gasteiger partial charge in [-0.25, -0.2) is 4.79 Å². The van der Waals surface area contributed by atoms with E-state index in [9.17, 15) is 4.79 Å². The lowest BCUT2D eigenvalue weighted by atomic mass is 9.78. The van der Waals surface area contributed by atoms with Crippen LogP contribution in [-0.2, 0) is 0 Å². The van der Waals surface area contributed by atoms with Crippen LogP contribution in [0, 0.1) is 17.8 Å². The molecule has 0 aromatic rings. The summed E-state index contributed by atoms with van der Waals surface area (Å²) in [6, 6.07) is 0.594. The molecule has 0 heterocycles. The van der Waals surface area contributed by atoms with E-state index in [4.69, 9.17) is 5.73 Å². The smallest absolute Gasteiger partial charge is 0.315 e. The van der Waals surface area contributed by atoms with Gasteiger partial charge in [-0.3, -0.25) is 0 Å². The van der Waals surface area contributed by atoms with Crippen molar-refractivity contribution in [1.29, 1.82) is 0 Å². The number of carbonyl (C=O) groups excluding carboxylic acids is 1. The fraction of sp³-hybridized carbons (Fsp3) is 0.938. The number of urea groups is 1. The Kier molecular flexibility index (Phi) is 4.75. The highest BCUT2D eigenvalue weighted by Gasteiger charge is 2.35. The van der Waals surface area contributed by atoms with E-state index in [1.165, 1.54) is 19.3 Å². The first-order valence-corrected chi connectivity index (χ1v) is 8.05. The number of amides is 2. The van der Waals surface area contributed by atoms with Crippen LogP contribution in [0.5, 0.6) is 0 Å². The van der Waals surface area contributed by atoms with Crippen LogP contribution in [0.4, 0.5) is 4.79 Å². The highest BCUT2D eigenvalue weighted by atomic mass is 16.2. The van der Waals surface area contributed by atoms with Crippen molar-refractivity contribution in [2.45, 2.75) is 77.8 Å². The van der Waals surface area contributed by atoms with E-state index >= 15 is 0 Å². The number of primary amides is 1. The number of hydrogen-bond donors (Lipinski definition) is 1. The SMILES string of the molecule is CC1CCC(N(C(N)=O)C2CC(C)C[C@H](C)C2)CC1. The van der Waals surface area contributed by atoms with E-state index in [2.05, 4.69) is 25.7 Å². The largest absolute Gasteiger partial charge is 0.351 e. The molecule has 2 aliphatic carbocycles. The normalized spacial score (nSPS) is 39.8. The predicted molar refractivity (Wildman–Crippen MR) is 78.8 cm³/mol. The second-order valence-electron chi connectivity index (χ2n) is 7.23. The number of nitrogens with zero attached hydrogens (tertiary/aromatic N) is 1. The van der Waals surface area contributed by atoms with Crippen molar-refractivity contribution in [1.82, 2.24) is 4.90 Å².